The number of carbonyl (C=O) groups excluding carboxylic acids is 2. The highest BCUT2D eigenvalue weighted by molar-refractivity contribution is 9.10. The van der Waals surface area contributed by atoms with Gasteiger partial charge in [-0.25, -0.2) is 0 Å². The molecule has 0 bridgehead atoms. The van der Waals surface area contributed by atoms with Gasteiger partial charge in [0.15, 0.2) is 0 Å². The first-order valence-electron chi connectivity index (χ1n) is 4.80. The number of likely N-dealkylation sites (N-methyl/N-ethyl adjacent to an activating group) is 1. The van der Waals surface area contributed by atoms with Crippen LogP contribution in [0.2, 0.25) is 0 Å². The molecule has 96 valence electrons. The molecule has 2 amide bonds. The standard InChI is InChI=1S/C10H10BrN3O4/c1-13(5-9(12)15)10(16)7-4-6(14(17)18)2-3-8(7)11/h2-4H,5H2,1H3,(H2,12,15). The van der Waals surface area contributed by atoms with Gasteiger partial charge in [0.2, 0.25) is 5.91 Å². The smallest absolute Gasteiger partial charge is 0.270 e. The molecule has 8 heteroatoms. The van der Waals surface area contributed by atoms with Gasteiger partial charge in [0.05, 0.1) is 17.0 Å². The van der Waals surface area contributed by atoms with Crippen LogP contribution in [-0.2, 0) is 4.79 Å². The lowest BCUT2D eigenvalue weighted by Gasteiger charge is -2.15. The van der Waals surface area contributed by atoms with Crippen LogP contribution in [0.1, 0.15) is 10.4 Å². The number of carbonyl (C=O) groups is 2. The Morgan fingerprint density at radius 3 is 2.61 bits per heavy atom. The van der Waals surface area contributed by atoms with Crippen LogP contribution in [0, 0.1) is 10.1 Å². The van der Waals surface area contributed by atoms with Crippen LogP contribution in [0.25, 0.3) is 0 Å². The zero-order chi connectivity index (χ0) is 13.9. The van der Waals surface area contributed by atoms with Crippen LogP contribution >= 0.6 is 15.9 Å². The predicted molar refractivity (Wildman–Crippen MR) is 67.0 cm³/mol. The molecule has 0 saturated carbocycles. The number of rotatable bonds is 4. The van der Waals surface area contributed by atoms with E-state index < -0.39 is 16.7 Å². The number of hydrogen-bond donors (Lipinski definition) is 1. The van der Waals surface area contributed by atoms with E-state index in [2.05, 4.69) is 15.9 Å². The van der Waals surface area contributed by atoms with Crippen molar-refractivity contribution in [3.63, 3.8) is 0 Å². The molecular weight excluding hydrogens is 306 g/mol. The molecule has 1 aromatic carbocycles. The van der Waals surface area contributed by atoms with E-state index in [1.165, 1.54) is 19.2 Å². The second-order valence-corrected chi connectivity index (χ2v) is 4.40. The SMILES string of the molecule is CN(CC(N)=O)C(=O)c1cc([N+](=O)[O-])ccc1Br. The van der Waals surface area contributed by atoms with Gasteiger partial charge in [-0.1, -0.05) is 0 Å². The molecule has 2 N–H and O–H groups in total. The van der Waals surface area contributed by atoms with Crippen LogP contribution in [0.4, 0.5) is 5.69 Å². The van der Waals surface area contributed by atoms with Crippen molar-refractivity contribution in [1.29, 1.82) is 0 Å². The topological polar surface area (TPSA) is 107 Å². The molecule has 0 aliphatic heterocycles. The zero-order valence-corrected chi connectivity index (χ0v) is 11.0. The van der Waals surface area contributed by atoms with Gasteiger partial charge in [-0.2, -0.15) is 0 Å². The normalized spacial score (nSPS) is 9.89. The number of benzene rings is 1. The number of amides is 2. The first-order chi connectivity index (χ1) is 8.32. The fraction of sp³-hybridized carbons (Fsp3) is 0.200. The van der Waals surface area contributed by atoms with Crippen LogP contribution in [0.3, 0.4) is 0 Å². The van der Waals surface area contributed by atoms with Crippen molar-refractivity contribution in [3.05, 3.63) is 38.3 Å². The summed E-state index contributed by atoms with van der Waals surface area (Å²) in [5, 5.41) is 10.6. The van der Waals surface area contributed by atoms with Gasteiger partial charge in [-0.05, 0) is 22.0 Å². The van der Waals surface area contributed by atoms with Crippen molar-refractivity contribution >= 4 is 33.4 Å². The summed E-state index contributed by atoms with van der Waals surface area (Å²) in [4.78, 5) is 33.8. The van der Waals surface area contributed by atoms with Crippen molar-refractivity contribution in [1.82, 2.24) is 4.90 Å². The lowest BCUT2D eigenvalue weighted by molar-refractivity contribution is -0.384. The number of hydrogen-bond acceptors (Lipinski definition) is 4. The molecule has 18 heavy (non-hydrogen) atoms. The van der Waals surface area contributed by atoms with E-state index in [9.17, 15) is 19.7 Å². The van der Waals surface area contributed by atoms with E-state index in [0.29, 0.717) is 4.47 Å². The molecular formula is C10H10BrN3O4. The van der Waals surface area contributed by atoms with Gasteiger partial charge in [0.1, 0.15) is 0 Å². The third-order valence-corrected chi connectivity index (χ3v) is 2.82. The third kappa shape index (κ3) is 3.27. The fourth-order valence-corrected chi connectivity index (χ4v) is 1.72. The summed E-state index contributed by atoms with van der Waals surface area (Å²) in [6, 6.07) is 3.82. The van der Waals surface area contributed by atoms with E-state index in [1.807, 2.05) is 0 Å². The summed E-state index contributed by atoms with van der Waals surface area (Å²) in [5.74, 6) is -1.18. The van der Waals surface area contributed by atoms with Crippen LogP contribution < -0.4 is 5.73 Å². The Kier molecular flexibility index (Phi) is 4.38. The lowest BCUT2D eigenvalue weighted by Crippen LogP contribution is -2.35. The lowest BCUT2D eigenvalue weighted by atomic mass is 10.2. The molecule has 0 aliphatic rings. The number of nitro benzene ring substituents is 1. The summed E-state index contributed by atoms with van der Waals surface area (Å²) in [6.45, 7) is -0.256. The molecule has 0 radical (unpaired) electrons. The summed E-state index contributed by atoms with van der Waals surface area (Å²) < 4.78 is 0.412. The largest absolute Gasteiger partial charge is 0.368 e. The first kappa shape index (κ1) is 14.1. The van der Waals surface area contributed by atoms with E-state index >= 15 is 0 Å². The molecule has 0 heterocycles. The molecule has 1 aromatic rings. The monoisotopic (exact) mass is 315 g/mol. The van der Waals surface area contributed by atoms with Gasteiger partial charge < -0.3 is 10.6 Å². The van der Waals surface area contributed by atoms with Gasteiger partial charge in [0, 0.05) is 23.7 Å². The average molecular weight is 316 g/mol. The minimum Gasteiger partial charge on any atom is -0.368 e. The quantitative estimate of drug-likeness (QED) is 0.658. The molecule has 0 atom stereocenters. The van der Waals surface area contributed by atoms with Gasteiger partial charge in [0.25, 0.3) is 11.6 Å². The molecule has 0 aliphatic carbocycles. The number of nitro groups is 1. The minimum atomic E-state index is -0.660. The highest BCUT2D eigenvalue weighted by Gasteiger charge is 2.19. The summed E-state index contributed by atoms with van der Waals surface area (Å²) in [6.07, 6.45) is 0. The van der Waals surface area contributed by atoms with Crippen molar-refractivity contribution in [2.45, 2.75) is 0 Å². The van der Waals surface area contributed by atoms with Gasteiger partial charge >= 0.3 is 0 Å². The summed E-state index contributed by atoms with van der Waals surface area (Å²) in [5.41, 5.74) is 4.88. The van der Waals surface area contributed by atoms with Crippen LogP contribution in [0.5, 0.6) is 0 Å². The van der Waals surface area contributed by atoms with Crippen LogP contribution in [-0.4, -0.2) is 35.2 Å². The Morgan fingerprint density at radius 2 is 2.11 bits per heavy atom. The average Bonchev–Trinajstić information content (AvgIpc) is 2.27. The second kappa shape index (κ2) is 5.58. The summed E-state index contributed by atoms with van der Waals surface area (Å²) >= 11 is 3.13. The third-order valence-electron chi connectivity index (χ3n) is 2.13. The number of non-ortho nitro benzene ring substituents is 1. The fourth-order valence-electron chi connectivity index (χ4n) is 1.30. The summed E-state index contributed by atoms with van der Waals surface area (Å²) in [7, 11) is 1.39. The maximum absolute atomic E-state index is 11.9. The second-order valence-electron chi connectivity index (χ2n) is 3.55. The Hall–Kier alpha value is -1.96. The number of primary amides is 1. The highest BCUT2D eigenvalue weighted by atomic mass is 79.9. The van der Waals surface area contributed by atoms with E-state index in [0.717, 1.165) is 11.0 Å². The molecule has 7 nitrogen and oxygen atoms in total. The molecule has 0 aromatic heterocycles. The number of halogens is 1. The maximum atomic E-state index is 11.9. The molecule has 0 unspecified atom stereocenters. The number of nitrogens with zero attached hydrogens (tertiary/aromatic N) is 2. The Balaban J connectivity index is 3.08. The zero-order valence-electron chi connectivity index (χ0n) is 9.42. The molecule has 0 fully saturated rings. The Labute approximate surface area is 111 Å². The van der Waals surface area contributed by atoms with E-state index in [4.69, 9.17) is 5.73 Å². The first-order valence-corrected chi connectivity index (χ1v) is 5.60. The molecule has 0 saturated heterocycles. The Bertz CT molecular complexity index is 518. The highest BCUT2D eigenvalue weighted by Crippen LogP contribution is 2.23. The maximum Gasteiger partial charge on any atom is 0.270 e. The Morgan fingerprint density at radius 1 is 1.50 bits per heavy atom. The van der Waals surface area contributed by atoms with Gasteiger partial charge in [-0.15, -0.1) is 0 Å². The molecule has 0 spiro atoms. The van der Waals surface area contributed by atoms with Crippen LogP contribution in [0.15, 0.2) is 22.7 Å². The van der Waals surface area contributed by atoms with Crippen molar-refractivity contribution < 1.29 is 14.5 Å². The van der Waals surface area contributed by atoms with Crippen molar-refractivity contribution in [2.75, 3.05) is 13.6 Å². The van der Waals surface area contributed by atoms with Gasteiger partial charge in [-0.3, -0.25) is 19.7 Å². The predicted octanol–water partition coefficient (Wildman–Crippen LogP) is 0.915. The molecule has 1 rings (SSSR count). The minimum absolute atomic E-state index is 0.105. The van der Waals surface area contributed by atoms with Crippen molar-refractivity contribution in [3.8, 4) is 0 Å². The van der Waals surface area contributed by atoms with E-state index in [-0.39, 0.29) is 17.8 Å². The van der Waals surface area contributed by atoms with E-state index in [1.54, 1.807) is 0 Å². The van der Waals surface area contributed by atoms with Crippen molar-refractivity contribution in [2.24, 2.45) is 5.73 Å². The number of nitrogens with two attached hydrogens (primary N) is 1.